The second-order valence-electron chi connectivity index (χ2n) is 8.98. The maximum Gasteiger partial charge on any atom is 0.262 e. The molecule has 7 heteroatoms. The van der Waals surface area contributed by atoms with E-state index in [9.17, 15) is 4.79 Å². The summed E-state index contributed by atoms with van der Waals surface area (Å²) in [6.45, 7) is 8.46. The molecule has 1 aromatic heterocycles. The molecule has 32 heavy (non-hydrogen) atoms. The number of piperazine rings is 1. The summed E-state index contributed by atoms with van der Waals surface area (Å²) in [5.41, 5.74) is 4.21. The molecule has 4 heterocycles. The molecule has 3 atom stereocenters. The highest BCUT2D eigenvalue weighted by atomic mass is 16.1. The molecule has 5 rings (SSSR count). The normalized spacial score (nSPS) is 25.0. The summed E-state index contributed by atoms with van der Waals surface area (Å²) in [4.78, 5) is 30.2. The Hall–Kier alpha value is -3.32. The summed E-state index contributed by atoms with van der Waals surface area (Å²) in [5, 5.41) is 3.56. The van der Waals surface area contributed by atoms with Gasteiger partial charge in [-0.05, 0) is 44.0 Å². The van der Waals surface area contributed by atoms with E-state index in [2.05, 4.69) is 47.0 Å². The van der Waals surface area contributed by atoms with Crippen LogP contribution in [0.2, 0.25) is 0 Å². The molecule has 0 bridgehead atoms. The molecule has 0 spiro atoms. The van der Waals surface area contributed by atoms with Crippen LogP contribution >= 0.6 is 0 Å². The minimum Gasteiger partial charge on any atom is -0.354 e. The predicted molar refractivity (Wildman–Crippen MR) is 128 cm³/mol. The van der Waals surface area contributed by atoms with Crippen molar-refractivity contribution in [2.24, 2.45) is 15.9 Å². The molecule has 0 radical (unpaired) electrons. The van der Waals surface area contributed by atoms with E-state index in [0.29, 0.717) is 17.9 Å². The number of amides is 1. The zero-order valence-corrected chi connectivity index (χ0v) is 18.9. The molecule has 3 aliphatic heterocycles. The quantitative estimate of drug-likeness (QED) is 0.814. The topological polar surface area (TPSA) is 73.2 Å². The Kier molecular flexibility index (Phi) is 5.13. The van der Waals surface area contributed by atoms with Crippen LogP contribution in [0.4, 0.5) is 5.82 Å². The first-order valence-corrected chi connectivity index (χ1v) is 11.1. The summed E-state index contributed by atoms with van der Waals surface area (Å²) in [6.07, 6.45) is 5.67. The van der Waals surface area contributed by atoms with Gasteiger partial charge in [-0.3, -0.25) is 4.79 Å². The first kappa shape index (κ1) is 20.6. The number of amidine groups is 2. The molecule has 1 fully saturated rings. The average Bonchev–Trinajstić information content (AvgIpc) is 3.14. The summed E-state index contributed by atoms with van der Waals surface area (Å²) in [7, 11) is 1.90. The van der Waals surface area contributed by atoms with E-state index in [1.54, 1.807) is 0 Å². The van der Waals surface area contributed by atoms with Crippen LogP contribution in [-0.4, -0.2) is 59.7 Å². The van der Waals surface area contributed by atoms with Gasteiger partial charge < -0.3 is 15.1 Å². The van der Waals surface area contributed by atoms with Gasteiger partial charge in [-0.1, -0.05) is 24.3 Å². The number of carbonyl (C=O) groups excluding carboxylic acids is 1. The molecule has 1 aromatic carbocycles. The summed E-state index contributed by atoms with van der Waals surface area (Å²) in [6, 6.07) is 11.1. The fourth-order valence-electron chi connectivity index (χ4n) is 4.70. The van der Waals surface area contributed by atoms with Gasteiger partial charge in [0.1, 0.15) is 17.6 Å². The van der Waals surface area contributed by atoms with Crippen LogP contribution in [0.1, 0.15) is 25.0 Å². The van der Waals surface area contributed by atoms with Crippen molar-refractivity contribution in [2.45, 2.75) is 32.9 Å². The van der Waals surface area contributed by atoms with Crippen LogP contribution in [0.5, 0.6) is 0 Å². The van der Waals surface area contributed by atoms with Crippen molar-refractivity contribution in [1.82, 2.24) is 15.2 Å². The van der Waals surface area contributed by atoms with Gasteiger partial charge in [0, 0.05) is 55.7 Å². The molecular weight excluding hydrogens is 400 g/mol. The van der Waals surface area contributed by atoms with Gasteiger partial charge in [-0.25, -0.2) is 9.98 Å². The van der Waals surface area contributed by atoms with E-state index in [0.717, 1.165) is 41.4 Å². The van der Waals surface area contributed by atoms with Crippen molar-refractivity contribution < 1.29 is 4.79 Å². The van der Waals surface area contributed by atoms with Crippen LogP contribution in [0.3, 0.4) is 0 Å². The second kappa shape index (κ2) is 7.98. The van der Waals surface area contributed by atoms with E-state index < -0.39 is 0 Å². The Morgan fingerprint density at radius 3 is 2.41 bits per heavy atom. The van der Waals surface area contributed by atoms with Gasteiger partial charge in [0.2, 0.25) is 0 Å². The lowest BCUT2D eigenvalue weighted by Crippen LogP contribution is -2.54. The number of nitrogens with one attached hydrogen (secondary N) is 1. The highest BCUT2D eigenvalue weighted by Gasteiger charge is 2.32. The molecule has 1 N–H and O–H groups in total. The number of fused-ring (bicyclic) bond motifs is 1. The van der Waals surface area contributed by atoms with Crippen molar-refractivity contribution in [2.75, 3.05) is 25.0 Å². The number of hydrogen-bond acceptors (Lipinski definition) is 6. The number of benzene rings is 1. The number of carbonyl (C=O) groups is 1. The number of anilines is 1. The van der Waals surface area contributed by atoms with Crippen molar-refractivity contribution >= 4 is 23.4 Å². The standard InChI is InChI=1S/C25H28N6O/c1-15-11-22(31-13-16(2)27-17(3)14-31)26-12-21(15)18-5-7-19(8-6-18)23-28-24-20(25(32)29-23)9-10-30(24)4/h5-12,16-17,20,27H,13-14H2,1-4H3/t16-,17+,20?. The van der Waals surface area contributed by atoms with Crippen LogP contribution in [0, 0.1) is 12.8 Å². The fraction of sp³-hybridized carbons (Fsp3) is 0.360. The van der Waals surface area contributed by atoms with Crippen molar-refractivity contribution in [3.63, 3.8) is 0 Å². The zero-order chi connectivity index (χ0) is 22.4. The Labute approximate surface area is 188 Å². The lowest BCUT2D eigenvalue weighted by Gasteiger charge is -2.37. The zero-order valence-electron chi connectivity index (χ0n) is 18.9. The van der Waals surface area contributed by atoms with E-state index in [-0.39, 0.29) is 11.8 Å². The number of aromatic nitrogens is 1. The van der Waals surface area contributed by atoms with Crippen molar-refractivity contribution in [1.29, 1.82) is 0 Å². The van der Waals surface area contributed by atoms with Gasteiger partial charge in [0.05, 0.1) is 0 Å². The van der Waals surface area contributed by atoms with Gasteiger partial charge in [0.25, 0.3) is 5.91 Å². The third kappa shape index (κ3) is 3.73. The second-order valence-corrected chi connectivity index (χ2v) is 8.98. The van der Waals surface area contributed by atoms with Crippen molar-refractivity contribution in [3.8, 4) is 11.1 Å². The number of aliphatic imine (C=N–C) groups is 2. The molecule has 7 nitrogen and oxygen atoms in total. The maximum absolute atomic E-state index is 12.4. The molecule has 0 saturated carbocycles. The first-order chi connectivity index (χ1) is 15.4. The lowest BCUT2D eigenvalue weighted by molar-refractivity contribution is -0.118. The van der Waals surface area contributed by atoms with Crippen LogP contribution < -0.4 is 10.2 Å². The van der Waals surface area contributed by atoms with E-state index in [1.807, 2.05) is 54.7 Å². The summed E-state index contributed by atoms with van der Waals surface area (Å²) >= 11 is 0. The van der Waals surface area contributed by atoms with Crippen LogP contribution in [0.15, 0.2) is 58.8 Å². The van der Waals surface area contributed by atoms with Gasteiger partial charge in [-0.15, -0.1) is 0 Å². The monoisotopic (exact) mass is 428 g/mol. The molecule has 1 amide bonds. The van der Waals surface area contributed by atoms with Crippen LogP contribution in [0.25, 0.3) is 11.1 Å². The van der Waals surface area contributed by atoms with E-state index >= 15 is 0 Å². The summed E-state index contributed by atoms with van der Waals surface area (Å²) < 4.78 is 0. The SMILES string of the molecule is Cc1cc(N2C[C@@H](C)N[C@@H](C)C2)ncc1-c1ccc(C2=NC(=O)C3C=CN(C)C3=N2)cc1. The molecule has 3 aliphatic rings. The molecule has 2 aromatic rings. The number of pyridine rings is 1. The molecule has 1 saturated heterocycles. The maximum atomic E-state index is 12.4. The third-order valence-corrected chi connectivity index (χ3v) is 6.28. The minimum atomic E-state index is -0.350. The molecular formula is C25H28N6O. The van der Waals surface area contributed by atoms with Crippen LogP contribution in [-0.2, 0) is 4.79 Å². The van der Waals surface area contributed by atoms with Crippen molar-refractivity contribution in [3.05, 3.63) is 59.9 Å². The Morgan fingerprint density at radius 2 is 1.72 bits per heavy atom. The highest BCUT2D eigenvalue weighted by Crippen LogP contribution is 2.28. The van der Waals surface area contributed by atoms with E-state index in [1.165, 1.54) is 5.56 Å². The Balaban J connectivity index is 1.38. The largest absolute Gasteiger partial charge is 0.354 e. The smallest absolute Gasteiger partial charge is 0.262 e. The first-order valence-electron chi connectivity index (χ1n) is 11.1. The number of nitrogens with zero attached hydrogens (tertiary/aromatic N) is 5. The Bertz CT molecular complexity index is 1140. The number of rotatable bonds is 3. The van der Waals surface area contributed by atoms with Gasteiger partial charge in [-0.2, -0.15) is 4.99 Å². The minimum absolute atomic E-state index is 0.165. The van der Waals surface area contributed by atoms with Gasteiger partial charge >= 0.3 is 0 Å². The number of aryl methyl sites for hydroxylation is 1. The molecule has 164 valence electrons. The average molecular weight is 429 g/mol. The fourth-order valence-corrected chi connectivity index (χ4v) is 4.70. The summed E-state index contributed by atoms with van der Waals surface area (Å²) in [5.74, 6) is 1.71. The van der Waals surface area contributed by atoms with Gasteiger partial charge in [0.15, 0.2) is 5.84 Å². The third-order valence-electron chi connectivity index (χ3n) is 6.28. The highest BCUT2D eigenvalue weighted by molar-refractivity contribution is 6.21. The number of hydrogen-bond donors (Lipinski definition) is 1. The predicted octanol–water partition coefficient (Wildman–Crippen LogP) is 3.00. The lowest BCUT2D eigenvalue weighted by atomic mass is 10.0. The molecule has 0 aliphatic carbocycles. The molecule has 1 unspecified atom stereocenters. The Morgan fingerprint density at radius 1 is 1.03 bits per heavy atom. The van der Waals surface area contributed by atoms with E-state index in [4.69, 9.17) is 4.98 Å².